The van der Waals surface area contributed by atoms with Crippen LogP contribution in [0.5, 0.6) is 0 Å². The Morgan fingerprint density at radius 3 is 2.36 bits per heavy atom. The number of carbonyl (C=O) groups is 3. The molecule has 0 aromatic heterocycles. The molecule has 0 heterocycles. The molecule has 1 rings (SSSR count). The minimum atomic E-state index is -0.482. The van der Waals surface area contributed by atoms with Crippen LogP contribution in [0.2, 0.25) is 0 Å². The molecule has 0 saturated heterocycles. The molecule has 1 atom stereocenters. The predicted molar refractivity (Wildman–Crippen MR) is 104 cm³/mol. The minimum Gasteiger partial charge on any atom is -0.350 e. The lowest BCUT2D eigenvalue weighted by Gasteiger charge is -2.29. The van der Waals surface area contributed by atoms with E-state index in [1.165, 1.54) is 17.0 Å². The number of hydrogen-bond acceptors (Lipinski definition) is 5. The molecule has 1 aromatic carbocycles. The molecule has 0 radical (unpaired) electrons. The standard InChI is InChI=1S/C19H26N4O5/c1-13(2)17(22(4)18(25)11-20-12-24)9-14(3)19(26)21-10-15-5-7-16(8-6-15)23(27)28/h5-9,12-13,17H,10-11H2,1-4H3,(H,20,24)(H,21,26)/b14-9+/t17-/m1/s1. The molecular weight excluding hydrogens is 364 g/mol. The highest BCUT2D eigenvalue weighted by Gasteiger charge is 2.22. The van der Waals surface area contributed by atoms with Gasteiger partial charge in [0, 0.05) is 31.3 Å². The third-order valence-corrected chi connectivity index (χ3v) is 4.24. The Kier molecular flexibility index (Phi) is 8.80. The number of benzene rings is 1. The summed E-state index contributed by atoms with van der Waals surface area (Å²) in [6, 6.07) is 5.62. The van der Waals surface area contributed by atoms with E-state index in [0.29, 0.717) is 12.0 Å². The van der Waals surface area contributed by atoms with Crippen molar-refractivity contribution < 1.29 is 19.3 Å². The van der Waals surface area contributed by atoms with Gasteiger partial charge in [-0.05, 0) is 18.4 Å². The molecule has 0 unspecified atom stereocenters. The maximum Gasteiger partial charge on any atom is 0.269 e. The van der Waals surface area contributed by atoms with Crippen LogP contribution >= 0.6 is 0 Å². The van der Waals surface area contributed by atoms with E-state index in [0.717, 1.165) is 5.56 Å². The average molecular weight is 390 g/mol. The summed E-state index contributed by atoms with van der Waals surface area (Å²) >= 11 is 0. The quantitative estimate of drug-likeness (QED) is 0.271. The van der Waals surface area contributed by atoms with Crippen LogP contribution < -0.4 is 10.6 Å². The second-order valence-electron chi connectivity index (χ2n) is 6.69. The van der Waals surface area contributed by atoms with Gasteiger partial charge in [-0.25, -0.2) is 0 Å². The van der Waals surface area contributed by atoms with Gasteiger partial charge in [0.15, 0.2) is 0 Å². The van der Waals surface area contributed by atoms with Crippen LogP contribution in [0.4, 0.5) is 5.69 Å². The van der Waals surface area contributed by atoms with Crippen LogP contribution in [-0.4, -0.2) is 47.7 Å². The third kappa shape index (κ3) is 6.82. The lowest BCUT2D eigenvalue weighted by atomic mass is 9.99. The number of amides is 3. The van der Waals surface area contributed by atoms with Gasteiger partial charge in [0.2, 0.25) is 18.2 Å². The van der Waals surface area contributed by atoms with Gasteiger partial charge in [-0.3, -0.25) is 24.5 Å². The molecule has 0 aliphatic rings. The second kappa shape index (κ2) is 10.8. The second-order valence-corrected chi connectivity index (χ2v) is 6.69. The zero-order valence-electron chi connectivity index (χ0n) is 16.5. The maximum absolute atomic E-state index is 12.4. The van der Waals surface area contributed by atoms with Crippen LogP contribution in [0, 0.1) is 16.0 Å². The Morgan fingerprint density at radius 2 is 1.86 bits per heavy atom. The zero-order chi connectivity index (χ0) is 21.3. The highest BCUT2D eigenvalue weighted by atomic mass is 16.6. The number of nitro groups is 1. The van der Waals surface area contributed by atoms with E-state index in [9.17, 15) is 24.5 Å². The average Bonchev–Trinajstić information content (AvgIpc) is 2.67. The summed E-state index contributed by atoms with van der Waals surface area (Å²) in [7, 11) is 1.62. The normalized spacial score (nSPS) is 12.2. The summed E-state index contributed by atoms with van der Waals surface area (Å²) in [6.07, 6.45) is 2.18. The first-order chi connectivity index (χ1) is 13.2. The first-order valence-electron chi connectivity index (χ1n) is 8.80. The highest BCUT2D eigenvalue weighted by Crippen LogP contribution is 2.14. The van der Waals surface area contributed by atoms with E-state index in [1.807, 2.05) is 13.8 Å². The highest BCUT2D eigenvalue weighted by molar-refractivity contribution is 5.93. The fraction of sp³-hybridized carbons (Fsp3) is 0.421. The summed E-state index contributed by atoms with van der Waals surface area (Å²) in [5.74, 6) is -0.500. The number of nitro benzene ring substituents is 1. The number of nitrogens with zero attached hydrogens (tertiary/aromatic N) is 2. The van der Waals surface area contributed by atoms with Crippen LogP contribution in [-0.2, 0) is 20.9 Å². The van der Waals surface area contributed by atoms with Crippen LogP contribution in [0.3, 0.4) is 0 Å². The number of nitrogens with one attached hydrogen (secondary N) is 2. The zero-order valence-corrected chi connectivity index (χ0v) is 16.5. The van der Waals surface area contributed by atoms with E-state index >= 15 is 0 Å². The lowest BCUT2D eigenvalue weighted by molar-refractivity contribution is -0.384. The van der Waals surface area contributed by atoms with Gasteiger partial charge in [0.05, 0.1) is 17.5 Å². The van der Waals surface area contributed by atoms with Crippen LogP contribution in [0.25, 0.3) is 0 Å². The summed E-state index contributed by atoms with van der Waals surface area (Å²) in [5, 5.41) is 15.8. The van der Waals surface area contributed by atoms with E-state index in [-0.39, 0.29) is 42.6 Å². The number of likely N-dealkylation sites (N-methyl/N-ethyl adjacent to an activating group) is 1. The van der Waals surface area contributed by atoms with Gasteiger partial charge in [0.1, 0.15) is 0 Å². The number of rotatable bonds is 10. The van der Waals surface area contributed by atoms with Crippen molar-refractivity contribution in [3.8, 4) is 0 Å². The molecule has 0 aliphatic carbocycles. The molecule has 0 bridgehead atoms. The molecule has 3 amide bonds. The van der Waals surface area contributed by atoms with Crippen LogP contribution in [0.15, 0.2) is 35.9 Å². The molecular formula is C19H26N4O5. The van der Waals surface area contributed by atoms with E-state index in [2.05, 4.69) is 10.6 Å². The summed E-state index contributed by atoms with van der Waals surface area (Å²) < 4.78 is 0. The van der Waals surface area contributed by atoms with E-state index in [4.69, 9.17) is 0 Å². The first kappa shape index (κ1) is 22.8. The van der Waals surface area contributed by atoms with Gasteiger partial charge >= 0.3 is 0 Å². The third-order valence-electron chi connectivity index (χ3n) is 4.24. The van der Waals surface area contributed by atoms with E-state index < -0.39 is 4.92 Å². The number of carbonyl (C=O) groups excluding carboxylic acids is 3. The van der Waals surface area contributed by atoms with Crippen molar-refractivity contribution >= 4 is 23.9 Å². The Balaban J connectivity index is 2.76. The molecule has 0 spiro atoms. The van der Waals surface area contributed by atoms with Gasteiger partial charge < -0.3 is 15.5 Å². The van der Waals surface area contributed by atoms with Crippen LogP contribution in [0.1, 0.15) is 26.3 Å². The van der Waals surface area contributed by atoms with Crippen molar-refractivity contribution in [3.05, 3.63) is 51.6 Å². The predicted octanol–water partition coefficient (Wildman–Crippen LogP) is 1.39. The molecule has 9 nitrogen and oxygen atoms in total. The first-order valence-corrected chi connectivity index (χ1v) is 8.80. The van der Waals surface area contributed by atoms with Crippen molar-refractivity contribution in [2.75, 3.05) is 13.6 Å². The lowest BCUT2D eigenvalue weighted by Crippen LogP contribution is -2.43. The van der Waals surface area contributed by atoms with Crippen molar-refractivity contribution in [2.45, 2.75) is 33.4 Å². The minimum absolute atomic E-state index is 0.0114. The molecule has 2 N–H and O–H groups in total. The number of non-ortho nitro benzene ring substituents is 1. The Bertz CT molecular complexity index is 743. The Hall–Kier alpha value is -3.23. The van der Waals surface area contributed by atoms with Gasteiger partial charge in [-0.1, -0.05) is 32.1 Å². The van der Waals surface area contributed by atoms with Crippen molar-refractivity contribution in [1.82, 2.24) is 15.5 Å². The summed E-state index contributed by atoms with van der Waals surface area (Å²) in [6.45, 7) is 5.64. The molecule has 28 heavy (non-hydrogen) atoms. The summed E-state index contributed by atoms with van der Waals surface area (Å²) in [4.78, 5) is 46.5. The van der Waals surface area contributed by atoms with Crippen molar-refractivity contribution in [2.24, 2.45) is 5.92 Å². The molecule has 1 aromatic rings. The molecule has 9 heteroatoms. The summed E-state index contributed by atoms with van der Waals surface area (Å²) in [5.41, 5.74) is 1.17. The number of hydrogen-bond donors (Lipinski definition) is 2. The fourth-order valence-corrected chi connectivity index (χ4v) is 2.56. The Morgan fingerprint density at radius 1 is 1.25 bits per heavy atom. The largest absolute Gasteiger partial charge is 0.350 e. The monoisotopic (exact) mass is 390 g/mol. The topological polar surface area (TPSA) is 122 Å². The maximum atomic E-state index is 12.4. The molecule has 0 fully saturated rings. The van der Waals surface area contributed by atoms with Gasteiger partial charge in [-0.2, -0.15) is 0 Å². The molecule has 0 saturated carbocycles. The van der Waals surface area contributed by atoms with Gasteiger partial charge in [-0.15, -0.1) is 0 Å². The molecule has 0 aliphatic heterocycles. The Labute approximate surface area is 163 Å². The van der Waals surface area contributed by atoms with Gasteiger partial charge in [0.25, 0.3) is 5.69 Å². The molecule has 152 valence electrons. The van der Waals surface area contributed by atoms with E-state index in [1.54, 1.807) is 32.2 Å². The van der Waals surface area contributed by atoms with Crippen molar-refractivity contribution in [3.63, 3.8) is 0 Å². The SMILES string of the molecule is C/C(=C\[C@H](C(C)C)N(C)C(=O)CNC=O)C(=O)NCc1ccc([N+](=O)[O-])cc1. The fourth-order valence-electron chi connectivity index (χ4n) is 2.56. The smallest absolute Gasteiger partial charge is 0.269 e. The van der Waals surface area contributed by atoms with Crippen molar-refractivity contribution in [1.29, 1.82) is 0 Å².